The predicted molar refractivity (Wildman–Crippen MR) is 124 cm³/mol. The molecule has 2 amide bonds. The Kier molecular flexibility index (Phi) is 6.84. The van der Waals surface area contributed by atoms with Crippen LogP contribution in [0.15, 0.2) is 12.1 Å². The molecule has 0 bridgehead atoms. The molecule has 1 saturated carbocycles. The van der Waals surface area contributed by atoms with Gasteiger partial charge in [0.1, 0.15) is 5.75 Å². The Morgan fingerprint density at radius 2 is 1.97 bits per heavy atom. The zero-order valence-corrected chi connectivity index (χ0v) is 19.7. The number of hydrogen-bond donors (Lipinski definition) is 2. The van der Waals surface area contributed by atoms with E-state index in [0.717, 1.165) is 51.5 Å². The van der Waals surface area contributed by atoms with Crippen molar-refractivity contribution in [3.05, 3.63) is 23.5 Å². The SMILES string of the molecule is CC(C)Cc1c(OC(N)=O)ccc(N2CCC[C@@]3(CCN(C4CCC(O)CC4)C3=O)C2)c1F. The fourth-order valence-electron chi connectivity index (χ4n) is 5.92. The van der Waals surface area contributed by atoms with Gasteiger partial charge < -0.3 is 25.4 Å². The lowest BCUT2D eigenvalue weighted by Gasteiger charge is -2.41. The lowest BCUT2D eigenvalue weighted by Crippen LogP contribution is -2.50. The minimum Gasteiger partial charge on any atom is -0.410 e. The minimum atomic E-state index is -0.962. The topological polar surface area (TPSA) is 96.1 Å². The summed E-state index contributed by atoms with van der Waals surface area (Å²) in [6.07, 6.45) is 4.82. The molecule has 2 heterocycles. The maximum atomic E-state index is 15.7. The second-order valence-electron chi connectivity index (χ2n) is 10.4. The van der Waals surface area contributed by atoms with Crippen molar-refractivity contribution in [2.45, 2.75) is 77.4 Å². The summed E-state index contributed by atoms with van der Waals surface area (Å²) >= 11 is 0. The molecule has 0 aromatic heterocycles. The van der Waals surface area contributed by atoms with Crippen molar-refractivity contribution in [2.24, 2.45) is 17.1 Å². The van der Waals surface area contributed by atoms with Crippen LogP contribution in [0.25, 0.3) is 0 Å². The van der Waals surface area contributed by atoms with Crippen LogP contribution in [0.5, 0.6) is 5.75 Å². The number of aliphatic hydroxyl groups excluding tert-OH is 1. The van der Waals surface area contributed by atoms with E-state index in [1.807, 2.05) is 23.6 Å². The molecule has 1 aromatic carbocycles. The number of carbonyl (C=O) groups is 2. The van der Waals surface area contributed by atoms with Crippen molar-refractivity contribution in [2.75, 3.05) is 24.5 Å². The number of primary amides is 1. The van der Waals surface area contributed by atoms with Crippen LogP contribution in [0.2, 0.25) is 0 Å². The predicted octanol–water partition coefficient (Wildman–Crippen LogP) is 3.60. The van der Waals surface area contributed by atoms with Crippen LogP contribution < -0.4 is 15.4 Å². The highest BCUT2D eigenvalue weighted by molar-refractivity contribution is 5.86. The molecule has 1 spiro atoms. The number of benzene rings is 1. The Morgan fingerprint density at radius 1 is 1.24 bits per heavy atom. The minimum absolute atomic E-state index is 0.159. The van der Waals surface area contributed by atoms with Gasteiger partial charge in [0.25, 0.3) is 0 Å². The van der Waals surface area contributed by atoms with Crippen molar-refractivity contribution < 1.29 is 23.8 Å². The van der Waals surface area contributed by atoms with Crippen molar-refractivity contribution in [3.8, 4) is 5.75 Å². The normalized spacial score (nSPS) is 28.1. The van der Waals surface area contributed by atoms with E-state index in [9.17, 15) is 14.7 Å². The smallest absolute Gasteiger partial charge is 0.409 e. The number of rotatable bonds is 5. The van der Waals surface area contributed by atoms with Crippen LogP contribution in [-0.4, -0.2) is 53.8 Å². The highest BCUT2D eigenvalue weighted by Gasteiger charge is 2.51. The molecule has 3 N–H and O–H groups in total. The lowest BCUT2D eigenvalue weighted by molar-refractivity contribution is -0.139. The quantitative estimate of drug-likeness (QED) is 0.698. The molecular weight excluding hydrogens is 425 g/mol. The Balaban J connectivity index is 1.56. The second-order valence-corrected chi connectivity index (χ2v) is 10.4. The van der Waals surface area contributed by atoms with Crippen molar-refractivity contribution in [3.63, 3.8) is 0 Å². The van der Waals surface area contributed by atoms with Gasteiger partial charge in [-0.15, -0.1) is 0 Å². The highest BCUT2D eigenvalue weighted by Crippen LogP contribution is 2.44. The highest BCUT2D eigenvalue weighted by atomic mass is 19.1. The van der Waals surface area contributed by atoms with Crippen molar-refractivity contribution in [1.29, 1.82) is 0 Å². The summed E-state index contributed by atoms with van der Waals surface area (Å²) in [5, 5.41) is 9.83. The monoisotopic (exact) mass is 461 g/mol. The fourth-order valence-corrected chi connectivity index (χ4v) is 5.92. The molecular formula is C25H36FN3O4. The van der Waals surface area contributed by atoms with Gasteiger partial charge in [0.15, 0.2) is 5.82 Å². The van der Waals surface area contributed by atoms with E-state index >= 15 is 4.39 Å². The summed E-state index contributed by atoms with van der Waals surface area (Å²) in [5.41, 5.74) is 5.50. The third-order valence-electron chi connectivity index (χ3n) is 7.57. The molecule has 2 saturated heterocycles. The van der Waals surface area contributed by atoms with Gasteiger partial charge in [0.05, 0.1) is 17.2 Å². The molecule has 182 valence electrons. The number of nitrogens with two attached hydrogens (primary N) is 1. The van der Waals surface area contributed by atoms with Crippen molar-refractivity contribution in [1.82, 2.24) is 4.90 Å². The Morgan fingerprint density at radius 3 is 2.64 bits per heavy atom. The Bertz CT molecular complexity index is 900. The van der Waals surface area contributed by atoms with Gasteiger partial charge in [-0.05, 0) is 69.4 Å². The zero-order chi connectivity index (χ0) is 23.8. The summed E-state index contributed by atoms with van der Waals surface area (Å²) < 4.78 is 20.8. The number of nitrogens with zero attached hydrogens (tertiary/aromatic N) is 2. The van der Waals surface area contributed by atoms with Gasteiger partial charge in [0.2, 0.25) is 5.91 Å². The van der Waals surface area contributed by atoms with Crippen molar-refractivity contribution >= 4 is 17.7 Å². The van der Waals surface area contributed by atoms with Gasteiger partial charge in [-0.1, -0.05) is 13.8 Å². The number of halogens is 1. The summed E-state index contributed by atoms with van der Waals surface area (Å²) in [4.78, 5) is 28.9. The van der Waals surface area contributed by atoms with Gasteiger partial charge in [-0.25, -0.2) is 9.18 Å². The average molecular weight is 462 g/mol. The number of aliphatic hydroxyl groups is 1. The average Bonchev–Trinajstić information content (AvgIpc) is 3.06. The van der Waals surface area contributed by atoms with Gasteiger partial charge in [-0.3, -0.25) is 4.79 Å². The number of hydrogen-bond acceptors (Lipinski definition) is 5. The number of carbonyl (C=O) groups excluding carboxylic acids is 2. The molecule has 8 heteroatoms. The van der Waals surface area contributed by atoms with Crippen LogP contribution in [-0.2, 0) is 11.2 Å². The molecule has 4 rings (SSSR count). The molecule has 3 aliphatic rings. The lowest BCUT2D eigenvalue weighted by atomic mass is 9.78. The molecule has 3 fully saturated rings. The summed E-state index contributed by atoms with van der Waals surface area (Å²) in [6.45, 7) is 5.86. The summed E-state index contributed by atoms with van der Waals surface area (Å²) in [7, 11) is 0. The van der Waals surface area contributed by atoms with E-state index in [2.05, 4.69) is 0 Å². The molecule has 0 radical (unpaired) electrons. The largest absolute Gasteiger partial charge is 0.410 e. The summed E-state index contributed by atoms with van der Waals surface area (Å²) in [5.74, 6) is 0.108. The molecule has 0 unspecified atom stereocenters. The van der Waals surface area contributed by atoms with Gasteiger partial charge >= 0.3 is 6.09 Å². The van der Waals surface area contributed by atoms with E-state index in [0.29, 0.717) is 30.8 Å². The molecule has 2 aliphatic heterocycles. The van der Waals surface area contributed by atoms with E-state index in [4.69, 9.17) is 10.5 Å². The molecule has 33 heavy (non-hydrogen) atoms. The zero-order valence-electron chi connectivity index (χ0n) is 19.7. The molecule has 7 nitrogen and oxygen atoms in total. The van der Waals surface area contributed by atoms with Crippen LogP contribution in [0.3, 0.4) is 0 Å². The number of amides is 2. The first kappa shape index (κ1) is 23.8. The van der Waals surface area contributed by atoms with E-state index in [1.54, 1.807) is 12.1 Å². The molecule has 1 aliphatic carbocycles. The van der Waals surface area contributed by atoms with Gasteiger partial charge in [0, 0.05) is 31.2 Å². The third-order valence-corrected chi connectivity index (χ3v) is 7.57. The maximum absolute atomic E-state index is 15.7. The van der Waals surface area contributed by atoms with E-state index < -0.39 is 17.3 Å². The Labute approximate surface area is 195 Å². The maximum Gasteiger partial charge on any atom is 0.409 e. The van der Waals surface area contributed by atoms with Crippen LogP contribution >= 0.6 is 0 Å². The first-order chi connectivity index (χ1) is 15.7. The standard InChI is InChI=1S/C25H36FN3O4/c1-16(2)14-19-21(33-24(27)32)9-8-20(22(19)26)28-12-3-10-25(15-28)11-13-29(23(25)31)17-4-6-18(30)7-5-17/h8-9,16-18,30H,3-7,10-15H2,1-2H3,(H2,27,32)/t17?,18?,25-/m1/s1. The van der Waals surface area contributed by atoms with Crippen LogP contribution in [0, 0.1) is 17.2 Å². The van der Waals surface area contributed by atoms with Crippen LogP contribution in [0.1, 0.15) is 64.4 Å². The molecule has 1 atom stereocenters. The first-order valence-corrected chi connectivity index (χ1v) is 12.2. The van der Waals surface area contributed by atoms with Gasteiger partial charge in [-0.2, -0.15) is 0 Å². The second kappa shape index (κ2) is 9.49. The number of piperidine rings is 1. The number of likely N-dealkylation sites (tertiary alicyclic amines) is 1. The number of anilines is 1. The third kappa shape index (κ3) is 4.81. The van der Waals surface area contributed by atoms with Crippen LogP contribution in [0.4, 0.5) is 14.9 Å². The molecule has 1 aromatic rings. The Hall–Kier alpha value is -2.35. The first-order valence-electron chi connectivity index (χ1n) is 12.2. The fraction of sp³-hybridized carbons (Fsp3) is 0.680. The van der Waals surface area contributed by atoms with E-state index in [-0.39, 0.29) is 29.7 Å². The number of ether oxygens (including phenoxy) is 1. The summed E-state index contributed by atoms with van der Waals surface area (Å²) in [6, 6.07) is 3.45. The van der Waals surface area contributed by atoms with E-state index in [1.165, 1.54) is 0 Å².